The third-order valence-corrected chi connectivity index (χ3v) is 6.39. The summed E-state index contributed by atoms with van der Waals surface area (Å²) in [5, 5.41) is 9.53. The summed E-state index contributed by atoms with van der Waals surface area (Å²) < 4.78 is 21.4. The summed E-state index contributed by atoms with van der Waals surface area (Å²) in [6.45, 7) is 6.21. The molecule has 0 saturated heterocycles. The van der Waals surface area contributed by atoms with Crippen LogP contribution >= 0.6 is 0 Å². The summed E-state index contributed by atoms with van der Waals surface area (Å²) in [6, 6.07) is -1.05. The second kappa shape index (κ2) is 24.0. The highest BCUT2D eigenvalue weighted by molar-refractivity contribution is 5.84. The van der Waals surface area contributed by atoms with Crippen LogP contribution in [0, 0.1) is 0 Å². The first-order chi connectivity index (χ1) is 19.5. The Bertz CT molecular complexity index is 780. The van der Waals surface area contributed by atoms with E-state index in [1.165, 1.54) is 21.7 Å². The lowest BCUT2D eigenvalue weighted by Gasteiger charge is -2.25. The van der Waals surface area contributed by atoms with Crippen molar-refractivity contribution in [2.24, 2.45) is 0 Å². The van der Waals surface area contributed by atoms with Gasteiger partial charge in [0.15, 0.2) is 5.78 Å². The number of unbranched alkanes of at least 4 members (excludes halogenated alkanes) is 2. The Labute approximate surface area is 244 Å². The van der Waals surface area contributed by atoms with Crippen molar-refractivity contribution in [1.82, 2.24) is 14.7 Å². The lowest BCUT2D eigenvalue weighted by atomic mass is 10.1. The molecular formula is C28H51N3O10. The number of aliphatic carboxylic acids is 1. The second-order valence-electron chi connectivity index (χ2n) is 9.71. The number of hydrogen-bond acceptors (Lipinski definition) is 9. The molecule has 13 nitrogen and oxygen atoms in total. The second-order valence-corrected chi connectivity index (χ2v) is 9.71. The molecule has 0 radical (unpaired) electrons. The number of ketones is 1. The normalized spacial score (nSPS) is 11.6. The van der Waals surface area contributed by atoms with E-state index in [-0.39, 0.29) is 69.4 Å². The highest BCUT2D eigenvalue weighted by Gasteiger charge is 2.27. The van der Waals surface area contributed by atoms with E-state index in [2.05, 4.69) is 0 Å². The Kier molecular flexibility index (Phi) is 22.5. The van der Waals surface area contributed by atoms with Gasteiger partial charge in [-0.1, -0.05) is 26.7 Å². The van der Waals surface area contributed by atoms with Crippen LogP contribution in [0.4, 0.5) is 0 Å². The molecule has 1 N–H and O–H groups in total. The van der Waals surface area contributed by atoms with Crippen LogP contribution in [0.2, 0.25) is 0 Å². The van der Waals surface area contributed by atoms with Crippen LogP contribution in [0.5, 0.6) is 0 Å². The molecule has 41 heavy (non-hydrogen) atoms. The van der Waals surface area contributed by atoms with E-state index in [0.717, 1.165) is 12.8 Å². The number of amides is 3. The number of carboxylic acid groups (broad SMARTS) is 1. The number of carbonyl (C=O) groups is 5. The number of ether oxygens (including phenoxy) is 4. The van der Waals surface area contributed by atoms with Crippen LogP contribution in [-0.4, -0.2) is 142 Å². The van der Waals surface area contributed by atoms with Gasteiger partial charge in [-0.05, 0) is 12.8 Å². The molecule has 0 saturated carbocycles. The fourth-order valence-electron chi connectivity index (χ4n) is 3.46. The van der Waals surface area contributed by atoms with Gasteiger partial charge in [-0.3, -0.25) is 19.2 Å². The zero-order valence-corrected chi connectivity index (χ0v) is 25.6. The Hall–Kier alpha value is -2.61. The number of nitrogens with zero attached hydrogens (tertiary/aromatic N) is 3. The summed E-state index contributed by atoms with van der Waals surface area (Å²) in [5.41, 5.74) is 0. The third-order valence-electron chi connectivity index (χ3n) is 6.39. The molecular weight excluding hydrogens is 538 g/mol. The van der Waals surface area contributed by atoms with E-state index in [4.69, 9.17) is 18.9 Å². The standard InChI is InChI=1S/C28H51N3O10/c1-6-8-9-10-26(34)31(5)24(28(36)37)11-12-25(33)29(3)13-15-38-18-20-41-22-27(35)30(4)14-16-39-17-19-40-21-23(32)7-2/h24H,6-22H2,1-5H3,(H,36,37). The van der Waals surface area contributed by atoms with Crippen molar-refractivity contribution < 1.29 is 48.0 Å². The molecule has 0 spiro atoms. The van der Waals surface area contributed by atoms with Crippen molar-refractivity contribution in [3.8, 4) is 0 Å². The summed E-state index contributed by atoms with van der Waals surface area (Å²) in [5.74, 6) is -1.75. The van der Waals surface area contributed by atoms with Gasteiger partial charge < -0.3 is 38.8 Å². The number of rotatable bonds is 26. The highest BCUT2D eigenvalue weighted by Crippen LogP contribution is 2.11. The summed E-state index contributed by atoms with van der Waals surface area (Å²) in [7, 11) is 4.73. The minimum Gasteiger partial charge on any atom is -0.480 e. The Morgan fingerprint density at radius 3 is 1.73 bits per heavy atom. The Balaban J connectivity index is 3.99. The van der Waals surface area contributed by atoms with E-state index in [1.54, 1.807) is 21.0 Å². The molecule has 1 atom stereocenters. The van der Waals surface area contributed by atoms with Crippen LogP contribution in [0.1, 0.15) is 58.8 Å². The molecule has 0 fully saturated rings. The minimum absolute atomic E-state index is 0.00241. The zero-order chi connectivity index (χ0) is 31.0. The first kappa shape index (κ1) is 38.4. The van der Waals surface area contributed by atoms with E-state index in [1.807, 2.05) is 6.92 Å². The smallest absolute Gasteiger partial charge is 0.326 e. The van der Waals surface area contributed by atoms with Gasteiger partial charge in [0.2, 0.25) is 17.7 Å². The van der Waals surface area contributed by atoms with Gasteiger partial charge in [-0.15, -0.1) is 0 Å². The molecule has 0 bridgehead atoms. The first-order valence-electron chi connectivity index (χ1n) is 14.3. The van der Waals surface area contributed by atoms with Gasteiger partial charge in [0.1, 0.15) is 19.3 Å². The number of hydrogen-bond donors (Lipinski definition) is 1. The van der Waals surface area contributed by atoms with Crippen molar-refractivity contribution >= 4 is 29.5 Å². The summed E-state index contributed by atoms with van der Waals surface area (Å²) in [4.78, 5) is 63.8. The maximum atomic E-state index is 12.4. The van der Waals surface area contributed by atoms with Crippen molar-refractivity contribution in [1.29, 1.82) is 0 Å². The summed E-state index contributed by atoms with van der Waals surface area (Å²) >= 11 is 0. The fourth-order valence-corrected chi connectivity index (χ4v) is 3.46. The zero-order valence-electron chi connectivity index (χ0n) is 25.6. The van der Waals surface area contributed by atoms with Crippen molar-refractivity contribution in [3.05, 3.63) is 0 Å². The van der Waals surface area contributed by atoms with E-state index >= 15 is 0 Å². The molecule has 0 aromatic heterocycles. The quantitative estimate of drug-likeness (QED) is 0.146. The van der Waals surface area contributed by atoms with Gasteiger partial charge in [-0.2, -0.15) is 0 Å². The molecule has 0 aromatic carbocycles. The Morgan fingerprint density at radius 1 is 0.659 bits per heavy atom. The first-order valence-corrected chi connectivity index (χ1v) is 14.3. The lowest BCUT2D eigenvalue weighted by molar-refractivity contribution is -0.149. The van der Waals surface area contributed by atoms with Crippen LogP contribution < -0.4 is 0 Å². The lowest BCUT2D eigenvalue weighted by Crippen LogP contribution is -2.43. The SMILES string of the molecule is CCCCCC(=O)N(C)C(CCC(=O)N(C)CCOCCOCC(=O)N(C)CCOCCOCC(=O)CC)C(=O)O. The van der Waals surface area contributed by atoms with E-state index in [0.29, 0.717) is 52.2 Å². The fraction of sp³-hybridized carbons (Fsp3) is 0.821. The maximum Gasteiger partial charge on any atom is 0.326 e. The van der Waals surface area contributed by atoms with Gasteiger partial charge in [-0.25, -0.2) is 4.79 Å². The topological polar surface area (TPSA) is 152 Å². The number of carbonyl (C=O) groups excluding carboxylic acids is 4. The van der Waals surface area contributed by atoms with Crippen molar-refractivity contribution in [2.45, 2.75) is 64.8 Å². The molecule has 0 aromatic rings. The average molecular weight is 590 g/mol. The molecule has 0 rings (SSSR count). The average Bonchev–Trinajstić information content (AvgIpc) is 2.95. The number of likely N-dealkylation sites (N-methyl/N-ethyl adjacent to an activating group) is 3. The predicted molar refractivity (Wildman–Crippen MR) is 151 cm³/mol. The largest absolute Gasteiger partial charge is 0.480 e. The van der Waals surface area contributed by atoms with Crippen LogP contribution in [-0.2, 0) is 42.9 Å². The highest BCUT2D eigenvalue weighted by atomic mass is 16.5. The molecule has 3 amide bonds. The molecule has 13 heteroatoms. The van der Waals surface area contributed by atoms with Crippen molar-refractivity contribution in [2.75, 3.05) is 87.1 Å². The molecule has 0 aliphatic rings. The van der Waals surface area contributed by atoms with Gasteiger partial charge >= 0.3 is 5.97 Å². The van der Waals surface area contributed by atoms with E-state index < -0.39 is 12.0 Å². The molecule has 238 valence electrons. The van der Waals surface area contributed by atoms with Crippen LogP contribution in [0.3, 0.4) is 0 Å². The molecule has 0 heterocycles. The predicted octanol–water partition coefficient (Wildman–Crippen LogP) is 1.22. The monoisotopic (exact) mass is 589 g/mol. The van der Waals surface area contributed by atoms with Crippen molar-refractivity contribution in [3.63, 3.8) is 0 Å². The van der Waals surface area contributed by atoms with E-state index in [9.17, 15) is 29.1 Å². The minimum atomic E-state index is -1.13. The Morgan fingerprint density at radius 2 is 1.20 bits per heavy atom. The third kappa shape index (κ3) is 19.2. The number of Topliss-reactive ketones (excluding diaryl/α,β-unsaturated/α-hetero) is 1. The maximum absolute atomic E-state index is 12.4. The molecule has 0 aliphatic heterocycles. The molecule has 0 aliphatic carbocycles. The van der Waals surface area contributed by atoms with Gasteiger partial charge in [0, 0.05) is 53.5 Å². The van der Waals surface area contributed by atoms with Crippen LogP contribution in [0.25, 0.3) is 0 Å². The van der Waals surface area contributed by atoms with Crippen LogP contribution in [0.15, 0.2) is 0 Å². The van der Waals surface area contributed by atoms with Gasteiger partial charge in [0.05, 0.1) is 39.6 Å². The van der Waals surface area contributed by atoms with Gasteiger partial charge in [0.25, 0.3) is 0 Å². The molecule has 1 unspecified atom stereocenters. The number of carboxylic acids is 1. The summed E-state index contributed by atoms with van der Waals surface area (Å²) in [6.07, 6.45) is 3.36.